The van der Waals surface area contributed by atoms with Crippen LogP contribution >= 0.6 is 0 Å². The van der Waals surface area contributed by atoms with Crippen LogP contribution in [-0.2, 0) is 36.0 Å². The fourth-order valence-corrected chi connectivity index (χ4v) is 3.75. The van der Waals surface area contributed by atoms with E-state index in [2.05, 4.69) is 27.1 Å². The van der Waals surface area contributed by atoms with Crippen molar-refractivity contribution in [2.24, 2.45) is 12.8 Å². The fraction of sp³-hybridized carbons (Fsp3) is 0.455. The van der Waals surface area contributed by atoms with E-state index in [0.717, 1.165) is 40.2 Å². The Labute approximate surface area is 204 Å². The zero-order valence-corrected chi connectivity index (χ0v) is 20.1. The summed E-state index contributed by atoms with van der Waals surface area (Å²) < 4.78 is 39.0. The number of nitrogens with two attached hydrogens (primary N) is 1. The molecular weight excluding hydrogens is 483 g/mol. The summed E-state index contributed by atoms with van der Waals surface area (Å²) in [4.78, 5) is 32.1. The molecule has 1 atom stereocenters. The molecule has 3 aromatic heterocycles. The van der Waals surface area contributed by atoms with E-state index in [1.807, 2.05) is 26.2 Å². The second kappa shape index (κ2) is 10.4. The van der Waals surface area contributed by atoms with Gasteiger partial charge in [0.2, 0.25) is 11.7 Å². The van der Waals surface area contributed by atoms with E-state index < -0.39 is 18.2 Å². The highest BCUT2D eigenvalue weighted by molar-refractivity contribution is 5.81. The Hall–Kier alpha value is -3.81. The fourth-order valence-electron chi connectivity index (χ4n) is 3.75. The molecule has 0 spiro atoms. The van der Waals surface area contributed by atoms with Gasteiger partial charge in [0.15, 0.2) is 0 Å². The Kier molecular flexibility index (Phi) is 7.77. The summed E-state index contributed by atoms with van der Waals surface area (Å²) in [5, 5.41) is 15.8. The molecule has 194 valence electrons. The predicted molar refractivity (Wildman–Crippen MR) is 120 cm³/mol. The van der Waals surface area contributed by atoms with Crippen LogP contribution in [0, 0.1) is 6.92 Å². The lowest BCUT2D eigenvalue weighted by Gasteiger charge is -2.31. The first-order valence-electron chi connectivity index (χ1n) is 11.0. The number of carbonyl (C=O) groups excluding carboxylic acids is 1. The van der Waals surface area contributed by atoms with Crippen LogP contribution in [0.25, 0.3) is 23.0 Å². The summed E-state index contributed by atoms with van der Waals surface area (Å²) in [6.45, 7) is 6.79. The molecule has 0 fully saturated rings. The lowest BCUT2D eigenvalue weighted by molar-refractivity contribution is -0.192. The van der Waals surface area contributed by atoms with Gasteiger partial charge in [-0.3, -0.25) is 14.5 Å². The molecule has 0 aromatic carbocycles. The van der Waals surface area contributed by atoms with Gasteiger partial charge in [0.25, 0.3) is 5.89 Å². The molecule has 36 heavy (non-hydrogen) atoms. The summed E-state index contributed by atoms with van der Waals surface area (Å²) in [5.74, 6) is -1.88. The standard InChI is InChI=1S/C20H25N7O2.C2HF3O2/c1-5-14-8-16(26(4)24-14)19-23-18(25-29-19)17-12(3)22-9-13-10-27(7-6-15(13)17)20(28)11(2)21;3-2(4,5)1(6)7/h8-9,11H,5-7,10,21H2,1-4H3;(H,6,7)/t11-;/m0./s1. The molecule has 14 heteroatoms. The Morgan fingerprint density at radius 3 is 2.56 bits per heavy atom. The molecule has 4 heterocycles. The number of aryl methyl sites for hydroxylation is 3. The van der Waals surface area contributed by atoms with E-state index >= 15 is 0 Å². The zero-order chi connectivity index (χ0) is 26.8. The van der Waals surface area contributed by atoms with Crippen molar-refractivity contribution in [3.8, 4) is 23.0 Å². The zero-order valence-electron chi connectivity index (χ0n) is 20.1. The molecule has 0 aliphatic carbocycles. The summed E-state index contributed by atoms with van der Waals surface area (Å²) in [5.41, 5.74) is 11.3. The number of rotatable bonds is 4. The number of halogens is 3. The second-order valence-corrected chi connectivity index (χ2v) is 8.24. The van der Waals surface area contributed by atoms with Crippen molar-refractivity contribution in [2.45, 2.75) is 52.4 Å². The first-order chi connectivity index (χ1) is 16.8. The number of carboxylic acids is 1. The third kappa shape index (κ3) is 5.70. The van der Waals surface area contributed by atoms with Gasteiger partial charge >= 0.3 is 12.1 Å². The topological polar surface area (TPSA) is 153 Å². The number of pyridine rings is 1. The monoisotopic (exact) mass is 509 g/mol. The Bertz CT molecular complexity index is 1270. The van der Waals surface area contributed by atoms with Crippen LogP contribution in [0.15, 0.2) is 16.8 Å². The molecular formula is C22H26F3N7O4. The Balaban J connectivity index is 0.000000454. The summed E-state index contributed by atoms with van der Waals surface area (Å²) in [6.07, 6.45) is -1.73. The number of nitrogens with zero attached hydrogens (tertiary/aromatic N) is 6. The maximum atomic E-state index is 12.3. The van der Waals surface area contributed by atoms with Gasteiger partial charge in [-0.1, -0.05) is 12.1 Å². The second-order valence-electron chi connectivity index (χ2n) is 8.24. The van der Waals surface area contributed by atoms with Gasteiger partial charge in [-0.05, 0) is 43.9 Å². The van der Waals surface area contributed by atoms with E-state index in [1.54, 1.807) is 16.5 Å². The number of amides is 1. The van der Waals surface area contributed by atoms with Crippen molar-refractivity contribution in [1.29, 1.82) is 0 Å². The predicted octanol–water partition coefficient (Wildman–Crippen LogP) is 2.27. The van der Waals surface area contributed by atoms with Crippen LogP contribution in [-0.4, -0.2) is 65.6 Å². The summed E-state index contributed by atoms with van der Waals surface area (Å²) >= 11 is 0. The van der Waals surface area contributed by atoms with Crippen molar-refractivity contribution in [1.82, 2.24) is 29.8 Å². The van der Waals surface area contributed by atoms with Crippen LogP contribution in [0.4, 0.5) is 13.2 Å². The minimum absolute atomic E-state index is 0.0532. The van der Waals surface area contributed by atoms with E-state index in [-0.39, 0.29) is 5.91 Å². The van der Waals surface area contributed by atoms with E-state index in [9.17, 15) is 18.0 Å². The number of alkyl halides is 3. The molecule has 3 N–H and O–H groups in total. The van der Waals surface area contributed by atoms with Crippen LogP contribution in [0.5, 0.6) is 0 Å². The average Bonchev–Trinajstić information content (AvgIpc) is 3.44. The van der Waals surface area contributed by atoms with Crippen molar-refractivity contribution in [3.05, 3.63) is 34.8 Å². The van der Waals surface area contributed by atoms with Gasteiger partial charge in [-0.2, -0.15) is 23.3 Å². The quantitative estimate of drug-likeness (QED) is 0.539. The first-order valence-corrected chi connectivity index (χ1v) is 11.0. The molecule has 0 saturated carbocycles. The van der Waals surface area contributed by atoms with Gasteiger partial charge in [-0.25, -0.2) is 4.79 Å². The highest BCUT2D eigenvalue weighted by atomic mass is 19.4. The van der Waals surface area contributed by atoms with Crippen molar-refractivity contribution in [3.63, 3.8) is 0 Å². The highest BCUT2D eigenvalue weighted by Crippen LogP contribution is 2.32. The van der Waals surface area contributed by atoms with E-state index in [0.29, 0.717) is 31.2 Å². The number of hydrogen-bond donors (Lipinski definition) is 2. The number of aliphatic carboxylic acids is 1. The molecule has 0 bridgehead atoms. The Morgan fingerprint density at radius 1 is 1.33 bits per heavy atom. The van der Waals surface area contributed by atoms with Crippen LogP contribution in [0.2, 0.25) is 0 Å². The average molecular weight is 509 g/mol. The maximum Gasteiger partial charge on any atom is 0.490 e. The molecule has 0 unspecified atom stereocenters. The molecule has 1 amide bonds. The van der Waals surface area contributed by atoms with Gasteiger partial charge in [0.1, 0.15) is 5.69 Å². The summed E-state index contributed by atoms with van der Waals surface area (Å²) in [7, 11) is 1.86. The van der Waals surface area contributed by atoms with E-state index in [4.69, 9.17) is 20.2 Å². The maximum absolute atomic E-state index is 12.3. The smallest absolute Gasteiger partial charge is 0.475 e. The molecule has 4 rings (SSSR count). The van der Waals surface area contributed by atoms with Gasteiger partial charge in [0, 0.05) is 37.6 Å². The molecule has 3 aromatic rings. The minimum Gasteiger partial charge on any atom is -0.475 e. The lowest BCUT2D eigenvalue weighted by Crippen LogP contribution is -2.44. The van der Waals surface area contributed by atoms with Gasteiger partial charge in [-0.15, -0.1) is 0 Å². The number of fused-ring (bicyclic) bond motifs is 1. The van der Waals surface area contributed by atoms with Crippen molar-refractivity contribution < 1.29 is 32.4 Å². The van der Waals surface area contributed by atoms with Crippen LogP contribution in [0.3, 0.4) is 0 Å². The molecule has 1 aliphatic heterocycles. The number of carbonyl (C=O) groups is 2. The molecule has 11 nitrogen and oxygen atoms in total. The third-order valence-electron chi connectivity index (χ3n) is 5.56. The summed E-state index contributed by atoms with van der Waals surface area (Å²) in [6, 6.07) is 1.45. The number of aromatic nitrogens is 5. The van der Waals surface area contributed by atoms with Crippen LogP contribution in [0.1, 0.15) is 36.4 Å². The number of carboxylic acid groups (broad SMARTS) is 1. The van der Waals surface area contributed by atoms with E-state index in [1.165, 1.54) is 0 Å². The minimum atomic E-state index is -5.08. The van der Waals surface area contributed by atoms with Gasteiger partial charge in [0.05, 0.1) is 11.7 Å². The third-order valence-corrected chi connectivity index (χ3v) is 5.56. The molecule has 0 radical (unpaired) electrons. The number of hydrogen-bond acceptors (Lipinski definition) is 8. The van der Waals surface area contributed by atoms with Gasteiger partial charge < -0.3 is 20.3 Å². The van der Waals surface area contributed by atoms with Crippen LogP contribution < -0.4 is 5.73 Å². The molecule has 1 aliphatic rings. The van der Waals surface area contributed by atoms with Crippen molar-refractivity contribution >= 4 is 11.9 Å². The largest absolute Gasteiger partial charge is 0.490 e. The normalized spacial score (nSPS) is 14.1. The first kappa shape index (κ1) is 26.8. The SMILES string of the molecule is CCc1cc(-c2nc(-c3c(C)ncc4c3CCN(C(=O)[C@H](C)N)C4)no2)n(C)n1.O=C(O)C(F)(F)F. The molecule has 0 saturated heterocycles. The highest BCUT2D eigenvalue weighted by Gasteiger charge is 2.38. The van der Waals surface area contributed by atoms with Crippen molar-refractivity contribution in [2.75, 3.05) is 6.54 Å². The lowest BCUT2D eigenvalue weighted by atomic mass is 9.94. The Morgan fingerprint density at radius 2 is 2.00 bits per heavy atom.